The van der Waals surface area contributed by atoms with Gasteiger partial charge in [0.25, 0.3) is 10.0 Å². The van der Waals surface area contributed by atoms with Crippen molar-refractivity contribution in [1.82, 2.24) is 28.9 Å². The highest BCUT2D eigenvalue weighted by Crippen LogP contribution is 2.53. The van der Waals surface area contributed by atoms with Crippen molar-refractivity contribution in [2.24, 2.45) is 12.5 Å². The van der Waals surface area contributed by atoms with E-state index in [0.717, 1.165) is 0 Å². The Balaban J connectivity index is 1.33. The van der Waals surface area contributed by atoms with E-state index in [0.29, 0.717) is 54.4 Å². The molecule has 0 N–H and O–H groups in total. The summed E-state index contributed by atoms with van der Waals surface area (Å²) in [5.74, 6) is -1.00. The number of thiazole rings is 1. The summed E-state index contributed by atoms with van der Waals surface area (Å²) in [6.07, 6.45) is 2.53. The molecule has 7 rings (SSSR count). The van der Waals surface area contributed by atoms with Crippen molar-refractivity contribution in [2.75, 3.05) is 7.11 Å². The van der Waals surface area contributed by atoms with Crippen molar-refractivity contribution >= 4 is 33.2 Å². The van der Waals surface area contributed by atoms with Crippen LogP contribution in [0.1, 0.15) is 65.0 Å². The molecule has 0 spiro atoms. The lowest BCUT2D eigenvalue weighted by Gasteiger charge is -2.53. The quantitative estimate of drug-likeness (QED) is 0.167. The van der Waals surface area contributed by atoms with Crippen LogP contribution < -0.4 is 0 Å². The summed E-state index contributed by atoms with van der Waals surface area (Å²) in [5.41, 5.74) is 0.657. The average Bonchev–Trinajstić information content (AvgIpc) is 3.79. The fraction of sp³-hybridized carbons (Fsp3) is 0.438. The van der Waals surface area contributed by atoms with Gasteiger partial charge in [0, 0.05) is 32.4 Å². The molecule has 1 aromatic carbocycles. The van der Waals surface area contributed by atoms with Crippen molar-refractivity contribution in [3.8, 4) is 5.69 Å². The smallest absolute Gasteiger partial charge is 0.378 e. The lowest BCUT2D eigenvalue weighted by molar-refractivity contribution is -0.134. The largest absolute Gasteiger partial charge is 0.427 e. The van der Waals surface area contributed by atoms with Crippen LogP contribution in [0, 0.1) is 11.2 Å². The van der Waals surface area contributed by atoms with Crippen molar-refractivity contribution < 1.29 is 35.5 Å². The molecule has 0 aliphatic heterocycles. The molecule has 0 amide bonds. The van der Waals surface area contributed by atoms with Crippen LogP contribution >= 0.6 is 11.3 Å². The monoisotopic (exact) mass is 704 g/mol. The molecule has 0 unspecified atom stereocenters. The van der Waals surface area contributed by atoms with Gasteiger partial charge in [0.2, 0.25) is 5.78 Å². The minimum atomic E-state index is -4.68. The third-order valence-corrected chi connectivity index (χ3v) is 12.8. The van der Waals surface area contributed by atoms with Crippen LogP contribution in [0.3, 0.4) is 0 Å². The molecule has 254 valence electrons. The zero-order chi connectivity index (χ0) is 34.2. The molecule has 3 heterocycles. The highest BCUT2D eigenvalue weighted by atomic mass is 32.2. The molecule has 0 saturated heterocycles. The first kappa shape index (κ1) is 32.8. The number of ketones is 1. The second kappa shape index (κ2) is 11.4. The zero-order valence-corrected chi connectivity index (χ0v) is 27.9. The van der Waals surface area contributed by atoms with Gasteiger partial charge in [-0.15, -0.1) is 11.3 Å². The second-order valence-corrected chi connectivity index (χ2v) is 15.8. The molecule has 3 aromatic heterocycles. The Morgan fingerprint density at radius 2 is 1.83 bits per heavy atom. The third kappa shape index (κ3) is 5.42. The summed E-state index contributed by atoms with van der Waals surface area (Å²) in [6.45, 7) is 1.91. The molecule has 16 heteroatoms. The molecule has 2 atom stereocenters. The molecule has 0 bridgehead atoms. The molecule has 2 saturated carbocycles. The van der Waals surface area contributed by atoms with Crippen molar-refractivity contribution in [3.05, 3.63) is 81.5 Å². The number of fused-ring (bicyclic) bond motifs is 2. The number of carbonyl (C=O) groups excluding carboxylic acids is 1. The van der Waals surface area contributed by atoms with Gasteiger partial charge in [0.15, 0.2) is 10.0 Å². The Hall–Kier alpha value is -3.73. The number of carbonyl (C=O) groups is 1. The van der Waals surface area contributed by atoms with E-state index in [9.17, 15) is 30.8 Å². The number of aryl methyl sites for hydroxylation is 1. The Labute approximate surface area is 278 Å². The predicted octanol–water partition coefficient (Wildman–Crippen LogP) is 5.84. The zero-order valence-electron chi connectivity index (χ0n) is 26.2. The first-order chi connectivity index (χ1) is 22.6. The Bertz CT molecular complexity index is 2030. The van der Waals surface area contributed by atoms with Crippen LogP contribution in [0.4, 0.5) is 17.6 Å². The van der Waals surface area contributed by atoms with Gasteiger partial charge in [-0.25, -0.2) is 22.5 Å². The van der Waals surface area contributed by atoms with Gasteiger partial charge < -0.3 is 4.74 Å². The van der Waals surface area contributed by atoms with Crippen LogP contribution in [0.15, 0.2) is 59.5 Å². The number of methoxy groups -OCH3 is 1. The number of ether oxygens (including phenoxy) is 1. The normalized spacial score (nSPS) is 25.7. The van der Waals surface area contributed by atoms with E-state index in [1.807, 2.05) is 13.0 Å². The highest BCUT2D eigenvalue weighted by Gasteiger charge is 2.56. The van der Waals surface area contributed by atoms with Gasteiger partial charge in [-0.05, 0) is 87.4 Å². The summed E-state index contributed by atoms with van der Waals surface area (Å²) >= 11 is 0.286. The average molecular weight is 705 g/mol. The number of hydrogen-bond donors (Lipinski definition) is 0. The fourth-order valence-corrected chi connectivity index (χ4v) is 10.0. The second-order valence-electron chi connectivity index (χ2n) is 13.0. The molecule has 2 fully saturated rings. The number of sulfonamides is 1. The number of rotatable bonds is 8. The Kier molecular flexibility index (Phi) is 7.81. The number of Topliss-reactive ketones (excluding diaryl/α,β-unsaturated/α-hetero) is 1. The Morgan fingerprint density at radius 1 is 1.10 bits per heavy atom. The third-order valence-electron chi connectivity index (χ3n) is 9.90. The van der Waals surface area contributed by atoms with Crippen molar-refractivity contribution in [1.29, 1.82) is 0 Å². The lowest BCUT2D eigenvalue weighted by Crippen LogP contribution is -2.61. The Morgan fingerprint density at radius 3 is 2.46 bits per heavy atom. The molecule has 48 heavy (non-hydrogen) atoms. The van der Waals surface area contributed by atoms with Gasteiger partial charge in [-0.2, -0.15) is 27.7 Å². The molecular weight excluding hydrogens is 673 g/mol. The van der Waals surface area contributed by atoms with E-state index in [1.165, 1.54) is 27.2 Å². The molecule has 3 aliphatic rings. The van der Waals surface area contributed by atoms with Crippen molar-refractivity contribution in [2.45, 2.75) is 74.3 Å². The summed E-state index contributed by atoms with van der Waals surface area (Å²) in [4.78, 5) is 17.5. The van der Waals surface area contributed by atoms with Crippen molar-refractivity contribution in [3.63, 3.8) is 0 Å². The van der Waals surface area contributed by atoms with E-state index in [1.54, 1.807) is 43.4 Å². The van der Waals surface area contributed by atoms with Crippen LogP contribution in [-0.2, 0) is 34.4 Å². The number of alkyl halides is 3. The molecule has 10 nitrogen and oxygen atoms in total. The van der Waals surface area contributed by atoms with E-state index in [4.69, 9.17) is 4.74 Å². The maximum absolute atomic E-state index is 14.6. The minimum absolute atomic E-state index is 0.0199. The standard InChI is InChI=1S/C32H32F4N6O4S2/c1-30(46-3)14-24(15-30)42(48(44,45)27-10-11-40(2)39-27)23-7-4-20-12-25-19(17-38-41(25)22-8-5-21(33)6-9-22)13-31(20,16-23)28(43)29-37-18-26(47-29)32(34,35)36/h5-6,8-12,17-18,23-24H,4,7,13-16H2,1-3H3/t23-,24-,30+,31-/m0/s1. The number of hydrogen-bond acceptors (Lipinski definition) is 8. The summed E-state index contributed by atoms with van der Waals surface area (Å²) in [5, 5.41) is 8.29. The predicted molar refractivity (Wildman–Crippen MR) is 167 cm³/mol. The van der Waals surface area contributed by atoms with E-state index in [2.05, 4.69) is 15.2 Å². The van der Waals surface area contributed by atoms with E-state index >= 15 is 0 Å². The van der Waals surface area contributed by atoms with Gasteiger partial charge in [0.05, 0.1) is 34.8 Å². The van der Waals surface area contributed by atoms with Gasteiger partial charge in [-0.3, -0.25) is 9.48 Å². The minimum Gasteiger partial charge on any atom is -0.378 e. The fourth-order valence-electron chi connectivity index (χ4n) is 7.42. The van der Waals surface area contributed by atoms with Crippen LogP contribution in [0.5, 0.6) is 0 Å². The number of benzene rings is 1. The van der Waals surface area contributed by atoms with E-state index in [-0.39, 0.29) is 34.2 Å². The number of nitrogens with zero attached hydrogens (tertiary/aromatic N) is 6. The summed E-state index contributed by atoms with van der Waals surface area (Å²) < 4.78 is 93.4. The molecule has 4 aromatic rings. The maximum Gasteiger partial charge on any atom is 0.427 e. The molecule has 0 radical (unpaired) electrons. The van der Waals surface area contributed by atoms with Gasteiger partial charge in [-0.1, -0.05) is 5.57 Å². The topological polar surface area (TPSA) is 112 Å². The maximum atomic E-state index is 14.6. The number of allylic oxidation sites excluding steroid dienone is 1. The molecule has 3 aliphatic carbocycles. The number of aromatic nitrogens is 5. The van der Waals surface area contributed by atoms with Gasteiger partial charge >= 0.3 is 6.18 Å². The summed E-state index contributed by atoms with van der Waals surface area (Å²) in [6, 6.07) is 6.08. The molecular formula is C32H32F4N6O4S2. The first-order valence-electron chi connectivity index (χ1n) is 15.3. The van der Waals surface area contributed by atoms with Crippen LogP contribution in [0.25, 0.3) is 11.8 Å². The lowest BCUT2D eigenvalue weighted by atomic mass is 9.60. The summed E-state index contributed by atoms with van der Waals surface area (Å²) in [7, 11) is -0.961. The van der Waals surface area contributed by atoms with E-state index < -0.39 is 55.8 Å². The van der Waals surface area contributed by atoms with Gasteiger partial charge in [0.1, 0.15) is 10.7 Å². The SMILES string of the molecule is CO[C@]1(C)C[C@H](N([C@H]2CCC3=Cc4c(cnn4-c4ccc(F)cc4)C[C@]3(C(=O)c3ncc(C(F)(F)F)s3)C2)S(=O)(=O)c2ccn(C)n2)C1. The number of halogens is 4. The highest BCUT2D eigenvalue weighted by molar-refractivity contribution is 7.89. The van der Waals surface area contributed by atoms with Crippen LogP contribution in [-0.4, -0.2) is 67.8 Å². The van der Waals surface area contributed by atoms with Crippen LogP contribution in [0.2, 0.25) is 0 Å². The first-order valence-corrected chi connectivity index (χ1v) is 17.6.